The van der Waals surface area contributed by atoms with Crippen LogP contribution in [0.1, 0.15) is 5.56 Å². The molecule has 0 heterocycles. The van der Waals surface area contributed by atoms with Gasteiger partial charge in [0.1, 0.15) is 12.4 Å². The number of carbonyl (C=O) groups excluding carboxylic acids is 2. The molecule has 0 unspecified atom stereocenters. The van der Waals surface area contributed by atoms with E-state index in [9.17, 15) is 9.59 Å². The van der Waals surface area contributed by atoms with Crippen LogP contribution >= 0.6 is 0 Å². The van der Waals surface area contributed by atoms with Crippen molar-refractivity contribution in [3.8, 4) is 5.75 Å². The first kappa shape index (κ1) is 11.1. The van der Waals surface area contributed by atoms with Gasteiger partial charge in [-0.25, -0.2) is 0 Å². The molecule has 0 amide bonds. The molecule has 17 heavy (non-hydrogen) atoms. The standard InChI is InChI=1S/C13H10O4/c14-8-16-7-10-1-2-12-6-13(17-9-15)4-3-11(12)5-10/h1-6,8-9H,7H2. The predicted molar refractivity (Wildman–Crippen MR) is 61.5 cm³/mol. The molecular weight excluding hydrogens is 220 g/mol. The summed E-state index contributed by atoms with van der Waals surface area (Å²) >= 11 is 0. The van der Waals surface area contributed by atoms with Crippen molar-refractivity contribution in [3.63, 3.8) is 0 Å². The van der Waals surface area contributed by atoms with Crippen molar-refractivity contribution in [3.05, 3.63) is 42.0 Å². The first-order chi connectivity index (χ1) is 8.33. The molecule has 0 bridgehead atoms. The molecular formula is C13H10O4. The minimum atomic E-state index is 0.256. The Morgan fingerprint density at radius 1 is 0.941 bits per heavy atom. The van der Waals surface area contributed by atoms with Crippen molar-refractivity contribution in [1.82, 2.24) is 0 Å². The van der Waals surface area contributed by atoms with Crippen LogP contribution in [0, 0.1) is 0 Å². The van der Waals surface area contributed by atoms with Gasteiger partial charge >= 0.3 is 0 Å². The maximum atomic E-state index is 10.2. The van der Waals surface area contributed by atoms with Crippen LogP contribution in [0.15, 0.2) is 36.4 Å². The Morgan fingerprint density at radius 2 is 1.71 bits per heavy atom. The second-order valence-electron chi connectivity index (χ2n) is 3.46. The average Bonchev–Trinajstić information content (AvgIpc) is 2.36. The molecule has 4 heteroatoms. The monoisotopic (exact) mass is 230 g/mol. The van der Waals surface area contributed by atoms with E-state index in [1.165, 1.54) is 0 Å². The normalized spacial score (nSPS) is 9.88. The largest absolute Gasteiger partial charge is 0.463 e. The molecule has 0 saturated heterocycles. The molecule has 2 aromatic rings. The minimum Gasteiger partial charge on any atom is -0.463 e. The summed E-state index contributed by atoms with van der Waals surface area (Å²) in [7, 11) is 0. The molecule has 0 aliphatic rings. The lowest BCUT2D eigenvalue weighted by atomic mass is 10.1. The molecule has 0 saturated carbocycles. The van der Waals surface area contributed by atoms with E-state index in [4.69, 9.17) is 4.74 Å². The summed E-state index contributed by atoms with van der Waals surface area (Å²) in [6.45, 7) is 1.07. The molecule has 2 rings (SSSR count). The highest BCUT2D eigenvalue weighted by molar-refractivity contribution is 5.84. The topological polar surface area (TPSA) is 52.6 Å². The molecule has 0 N–H and O–H groups in total. The summed E-state index contributed by atoms with van der Waals surface area (Å²) in [6.07, 6.45) is 0. The predicted octanol–water partition coefficient (Wildman–Crippen LogP) is 2.05. The van der Waals surface area contributed by atoms with E-state index < -0.39 is 0 Å². The Balaban J connectivity index is 2.32. The van der Waals surface area contributed by atoms with E-state index in [-0.39, 0.29) is 6.61 Å². The van der Waals surface area contributed by atoms with Gasteiger partial charge in [0.25, 0.3) is 12.9 Å². The second kappa shape index (κ2) is 5.12. The molecule has 0 aliphatic carbocycles. The van der Waals surface area contributed by atoms with E-state index >= 15 is 0 Å². The number of rotatable bonds is 5. The van der Waals surface area contributed by atoms with Gasteiger partial charge in [-0.15, -0.1) is 0 Å². The highest BCUT2D eigenvalue weighted by Crippen LogP contribution is 2.22. The van der Waals surface area contributed by atoms with Gasteiger partial charge in [-0.05, 0) is 34.5 Å². The molecule has 0 aliphatic heterocycles. The Labute approximate surface area is 97.8 Å². The van der Waals surface area contributed by atoms with Crippen LogP contribution < -0.4 is 4.74 Å². The summed E-state index contributed by atoms with van der Waals surface area (Å²) in [4.78, 5) is 20.3. The molecule has 0 radical (unpaired) electrons. The van der Waals surface area contributed by atoms with Gasteiger partial charge in [-0.1, -0.05) is 18.2 Å². The van der Waals surface area contributed by atoms with Gasteiger partial charge in [0.15, 0.2) is 0 Å². The zero-order valence-electron chi connectivity index (χ0n) is 8.96. The van der Waals surface area contributed by atoms with Crippen molar-refractivity contribution < 1.29 is 19.1 Å². The zero-order chi connectivity index (χ0) is 12.1. The summed E-state index contributed by atoms with van der Waals surface area (Å²) in [5, 5.41) is 1.95. The third-order valence-electron chi connectivity index (χ3n) is 2.38. The number of ether oxygens (including phenoxy) is 2. The smallest absolute Gasteiger partial charge is 0.298 e. The van der Waals surface area contributed by atoms with E-state index in [1.54, 1.807) is 12.1 Å². The average molecular weight is 230 g/mol. The zero-order valence-corrected chi connectivity index (χ0v) is 8.96. The first-order valence-corrected chi connectivity index (χ1v) is 5.02. The maximum absolute atomic E-state index is 10.2. The van der Waals surface area contributed by atoms with Crippen LogP contribution in [-0.2, 0) is 20.9 Å². The number of carbonyl (C=O) groups is 2. The third kappa shape index (κ3) is 2.60. The van der Waals surface area contributed by atoms with Crippen molar-refractivity contribution in [2.75, 3.05) is 0 Å². The Kier molecular flexibility index (Phi) is 3.35. The van der Waals surface area contributed by atoms with Gasteiger partial charge in [-0.2, -0.15) is 0 Å². The van der Waals surface area contributed by atoms with Crippen LogP contribution in [0.3, 0.4) is 0 Å². The number of benzene rings is 2. The second-order valence-corrected chi connectivity index (χ2v) is 3.46. The molecule has 86 valence electrons. The third-order valence-corrected chi connectivity index (χ3v) is 2.38. The fourth-order valence-electron chi connectivity index (χ4n) is 1.62. The van der Waals surface area contributed by atoms with Crippen LogP contribution in [0.4, 0.5) is 0 Å². The lowest BCUT2D eigenvalue weighted by Gasteiger charge is -2.04. The molecule has 0 spiro atoms. The van der Waals surface area contributed by atoms with E-state index in [0.717, 1.165) is 16.3 Å². The molecule has 4 nitrogen and oxygen atoms in total. The van der Waals surface area contributed by atoms with E-state index in [0.29, 0.717) is 18.7 Å². The molecule has 0 fully saturated rings. The lowest BCUT2D eigenvalue weighted by molar-refractivity contribution is -0.129. The van der Waals surface area contributed by atoms with Crippen molar-refractivity contribution in [2.24, 2.45) is 0 Å². The van der Waals surface area contributed by atoms with Crippen LogP contribution in [0.25, 0.3) is 10.8 Å². The first-order valence-electron chi connectivity index (χ1n) is 5.02. The van der Waals surface area contributed by atoms with Crippen LogP contribution in [-0.4, -0.2) is 12.9 Å². The summed E-state index contributed by atoms with van der Waals surface area (Å²) in [5.41, 5.74) is 0.911. The molecule has 0 atom stereocenters. The number of hydrogen-bond acceptors (Lipinski definition) is 4. The van der Waals surface area contributed by atoms with Crippen molar-refractivity contribution in [2.45, 2.75) is 6.61 Å². The minimum absolute atomic E-state index is 0.256. The van der Waals surface area contributed by atoms with Gasteiger partial charge in [0, 0.05) is 0 Å². The number of fused-ring (bicyclic) bond motifs is 1. The SMILES string of the molecule is O=COCc1ccc2cc(OC=O)ccc2c1. The quantitative estimate of drug-likeness (QED) is 0.737. The summed E-state index contributed by atoms with van der Waals surface area (Å²) in [5.74, 6) is 0.504. The summed E-state index contributed by atoms with van der Waals surface area (Å²) < 4.78 is 9.44. The summed E-state index contributed by atoms with van der Waals surface area (Å²) in [6, 6.07) is 11.0. The Hall–Kier alpha value is -2.36. The van der Waals surface area contributed by atoms with E-state index in [1.807, 2.05) is 24.3 Å². The van der Waals surface area contributed by atoms with Crippen molar-refractivity contribution >= 4 is 23.7 Å². The van der Waals surface area contributed by atoms with Gasteiger partial charge in [0.2, 0.25) is 0 Å². The van der Waals surface area contributed by atoms with Crippen LogP contribution in [0.5, 0.6) is 5.75 Å². The van der Waals surface area contributed by atoms with Gasteiger partial charge < -0.3 is 9.47 Å². The Morgan fingerprint density at radius 3 is 2.47 bits per heavy atom. The fourth-order valence-corrected chi connectivity index (χ4v) is 1.62. The lowest BCUT2D eigenvalue weighted by Crippen LogP contribution is -1.91. The van der Waals surface area contributed by atoms with Crippen molar-refractivity contribution in [1.29, 1.82) is 0 Å². The van der Waals surface area contributed by atoms with E-state index in [2.05, 4.69) is 4.74 Å². The highest BCUT2D eigenvalue weighted by atomic mass is 16.5. The Bertz CT molecular complexity index is 548. The van der Waals surface area contributed by atoms with Gasteiger partial charge in [-0.3, -0.25) is 9.59 Å². The molecule has 0 aromatic heterocycles. The van der Waals surface area contributed by atoms with Crippen LogP contribution in [0.2, 0.25) is 0 Å². The molecule has 2 aromatic carbocycles. The fraction of sp³-hybridized carbons (Fsp3) is 0.0769. The highest BCUT2D eigenvalue weighted by Gasteiger charge is 1.99. The maximum Gasteiger partial charge on any atom is 0.298 e. The van der Waals surface area contributed by atoms with Gasteiger partial charge in [0.05, 0.1) is 0 Å². The number of hydrogen-bond donors (Lipinski definition) is 0.